The maximum atomic E-state index is 14.6. The zero-order chi connectivity index (χ0) is 31.6. The highest BCUT2D eigenvalue weighted by Crippen LogP contribution is 2.45. The minimum absolute atomic E-state index is 0.00194. The molecule has 3 rings (SSSR count). The van der Waals surface area contributed by atoms with Crippen molar-refractivity contribution in [2.45, 2.75) is 66.0 Å². The van der Waals surface area contributed by atoms with Gasteiger partial charge in [0.1, 0.15) is 11.6 Å². The Morgan fingerprint density at radius 1 is 1.09 bits per heavy atom. The molecule has 0 aromatic heterocycles. The van der Waals surface area contributed by atoms with Crippen LogP contribution in [0.5, 0.6) is 0 Å². The molecule has 4 N–H and O–H groups in total. The zero-order valence-corrected chi connectivity index (χ0v) is 25.7. The van der Waals surface area contributed by atoms with Gasteiger partial charge in [0.05, 0.1) is 11.5 Å². The molecule has 6 nitrogen and oxygen atoms in total. The van der Waals surface area contributed by atoms with E-state index in [0.717, 1.165) is 30.0 Å². The molecule has 0 saturated carbocycles. The van der Waals surface area contributed by atoms with Gasteiger partial charge in [0.25, 0.3) is 0 Å². The van der Waals surface area contributed by atoms with Crippen molar-refractivity contribution >= 4 is 17.9 Å². The van der Waals surface area contributed by atoms with Gasteiger partial charge in [-0.05, 0) is 68.4 Å². The third kappa shape index (κ3) is 8.94. The second-order valence-electron chi connectivity index (χ2n) is 11.5. The number of nitrogens with zero attached hydrogens (tertiary/aromatic N) is 1. The summed E-state index contributed by atoms with van der Waals surface area (Å²) in [4.78, 5) is 28.9. The Balaban J connectivity index is 2.07. The first kappa shape index (κ1) is 33.9. The van der Waals surface area contributed by atoms with E-state index in [4.69, 9.17) is 5.73 Å². The number of hydrogen-bond acceptors (Lipinski definition) is 4. The number of hydrogen-bond donors (Lipinski definition) is 3. The van der Waals surface area contributed by atoms with Gasteiger partial charge in [-0.25, -0.2) is 8.78 Å². The molecule has 2 aromatic carbocycles. The summed E-state index contributed by atoms with van der Waals surface area (Å²) >= 11 is 0. The van der Waals surface area contributed by atoms with E-state index in [1.165, 1.54) is 12.1 Å². The van der Waals surface area contributed by atoms with Crippen molar-refractivity contribution in [1.29, 1.82) is 0 Å². The van der Waals surface area contributed by atoms with Crippen molar-refractivity contribution in [3.63, 3.8) is 0 Å². The average Bonchev–Trinajstić information content (AvgIpc) is 2.95. The molecule has 0 aliphatic heterocycles. The SMILES string of the molecule is C/C=C/c1cccc(CNC[C@H](O)[C@@H](Cc2cc(F)cc(F)c2)C2(C(=O)N(CCC)CCC)C=C(C)C=C(C(N)=O)C2)c1. The van der Waals surface area contributed by atoms with Gasteiger partial charge in [0.2, 0.25) is 11.8 Å². The third-order valence-corrected chi connectivity index (χ3v) is 7.86. The molecular formula is C35H45F2N3O3. The predicted octanol–water partition coefficient (Wildman–Crippen LogP) is 5.70. The van der Waals surface area contributed by atoms with Crippen LogP contribution in [0.4, 0.5) is 8.78 Å². The van der Waals surface area contributed by atoms with E-state index in [-0.39, 0.29) is 30.9 Å². The molecule has 1 aliphatic rings. The lowest BCUT2D eigenvalue weighted by atomic mass is 9.63. The smallest absolute Gasteiger partial charge is 0.244 e. The molecule has 43 heavy (non-hydrogen) atoms. The number of amides is 2. The van der Waals surface area contributed by atoms with Crippen LogP contribution < -0.4 is 11.1 Å². The minimum Gasteiger partial charge on any atom is -0.391 e. The first-order valence-corrected chi connectivity index (χ1v) is 15.1. The van der Waals surface area contributed by atoms with E-state index >= 15 is 0 Å². The fourth-order valence-electron chi connectivity index (χ4n) is 6.13. The van der Waals surface area contributed by atoms with Crippen LogP contribution in [0.3, 0.4) is 0 Å². The van der Waals surface area contributed by atoms with E-state index in [1.54, 1.807) is 17.9 Å². The summed E-state index contributed by atoms with van der Waals surface area (Å²) in [7, 11) is 0. The second-order valence-corrected chi connectivity index (χ2v) is 11.5. The predicted molar refractivity (Wildman–Crippen MR) is 168 cm³/mol. The van der Waals surface area contributed by atoms with Crippen LogP contribution in [0.2, 0.25) is 0 Å². The van der Waals surface area contributed by atoms with Crippen LogP contribution in [0.15, 0.2) is 71.8 Å². The number of nitrogens with one attached hydrogen (secondary N) is 1. The molecule has 232 valence electrons. The maximum Gasteiger partial charge on any atom is 0.244 e. The van der Waals surface area contributed by atoms with Gasteiger partial charge in [0.15, 0.2) is 0 Å². The number of benzene rings is 2. The molecule has 0 saturated heterocycles. The van der Waals surface area contributed by atoms with Gasteiger partial charge in [-0.1, -0.05) is 68.0 Å². The monoisotopic (exact) mass is 593 g/mol. The molecule has 2 aromatic rings. The Bertz CT molecular complexity index is 1340. The highest BCUT2D eigenvalue weighted by Gasteiger charge is 2.50. The van der Waals surface area contributed by atoms with E-state index in [1.807, 2.05) is 63.3 Å². The lowest BCUT2D eigenvalue weighted by Gasteiger charge is -2.45. The molecule has 2 amide bonds. The molecule has 1 aliphatic carbocycles. The third-order valence-electron chi connectivity index (χ3n) is 7.86. The summed E-state index contributed by atoms with van der Waals surface area (Å²) in [6.07, 6.45) is 7.75. The van der Waals surface area contributed by atoms with E-state index < -0.39 is 35.0 Å². The van der Waals surface area contributed by atoms with Crippen molar-refractivity contribution in [2.75, 3.05) is 19.6 Å². The van der Waals surface area contributed by atoms with Crippen molar-refractivity contribution in [1.82, 2.24) is 10.2 Å². The fraction of sp³-hybridized carbons (Fsp3) is 0.429. The number of primary amides is 1. The number of nitrogens with two attached hydrogens (primary N) is 1. The van der Waals surface area contributed by atoms with Crippen LogP contribution in [0.25, 0.3) is 6.08 Å². The molecule has 0 bridgehead atoms. The first-order chi connectivity index (χ1) is 20.5. The van der Waals surface area contributed by atoms with Crippen molar-refractivity contribution in [3.8, 4) is 0 Å². The molecule has 3 atom stereocenters. The second kappa shape index (κ2) is 15.7. The first-order valence-electron chi connectivity index (χ1n) is 15.1. The molecule has 0 heterocycles. The van der Waals surface area contributed by atoms with Crippen molar-refractivity contribution in [3.05, 3.63) is 100 Å². The Kier molecular flexibility index (Phi) is 12.4. The van der Waals surface area contributed by atoms with Crippen LogP contribution in [0, 0.1) is 23.0 Å². The van der Waals surface area contributed by atoms with Gasteiger partial charge in [-0.2, -0.15) is 0 Å². The van der Waals surface area contributed by atoms with E-state index in [9.17, 15) is 23.5 Å². The Hall–Kier alpha value is -3.62. The van der Waals surface area contributed by atoms with Gasteiger partial charge >= 0.3 is 0 Å². The maximum absolute atomic E-state index is 14.6. The highest BCUT2D eigenvalue weighted by molar-refractivity contribution is 5.96. The normalized spacial score (nSPS) is 18.2. The highest BCUT2D eigenvalue weighted by atomic mass is 19.1. The summed E-state index contributed by atoms with van der Waals surface area (Å²) < 4.78 is 28.7. The molecule has 0 fully saturated rings. The summed E-state index contributed by atoms with van der Waals surface area (Å²) in [5, 5.41) is 15.2. The molecule has 0 radical (unpaired) electrons. The van der Waals surface area contributed by atoms with Gasteiger partial charge in [0, 0.05) is 43.7 Å². The van der Waals surface area contributed by atoms with Crippen molar-refractivity contribution in [2.24, 2.45) is 17.1 Å². The number of rotatable bonds is 15. The molecular weight excluding hydrogens is 548 g/mol. The van der Waals surface area contributed by atoms with Gasteiger partial charge in [-0.15, -0.1) is 0 Å². The fourth-order valence-corrected chi connectivity index (χ4v) is 6.13. The van der Waals surface area contributed by atoms with Gasteiger partial charge < -0.3 is 21.1 Å². The van der Waals surface area contributed by atoms with Crippen LogP contribution >= 0.6 is 0 Å². The molecule has 1 unspecified atom stereocenters. The summed E-state index contributed by atoms with van der Waals surface area (Å²) in [5.74, 6) is -3.20. The van der Waals surface area contributed by atoms with E-state index in [2.05, 4.69) is 5.32 Å². The Morgan fingerprint density at radius 2 is 1.77 bits per heavy atom. The van der Waals surface area contributed by atoms with Gasteiger partial charge in [-0.3, -0.25) is 9.59 Å². The number of halogens is 2. The summed E-state index contributed by atoms with van der Waals surface area (Å²) in [5.41, 5.74) is 7.70. The van der Waals surface area contributed by atoms with Crippen molar-refractivity contribution < 1.29 is 23.5 Å². The van der Waals surface area contributed by atoms with Crippen LogP contribution in [-0.4, -0.2) is 47.6 Å². The number of allylic oxidation sites excluding steroid dienone is 3. The lowest BCUT2D eigenvalue weighted by Crippen LogP contribution is -2.54. The molecule has 8 heteroatoms. The number of aliphatic hydroxyl groups excluding tert-OH is 1. The Labute approximate surface area is 254 Å². The topological polar surface area (TPSA) is 95.7 Å². The number of aliphatic hydroxyl groups is 1. The minimum atomic E-state index is -1.37. The van der Waals surface area contributed by atoms with Crippen LogP contribution in [-0.2, 0) is 22.6 Å². The van der Waals surface area contributed by atoms with Crippen LogP contribution in [0.1, 0.15) is 63.6 Å². The summed E-state index contributed by atoms with van der Waals surface area (Å²) in [6.45, 7) is 9.26. The number of carbonyl (C=O) groups excluding carboxylic acids is 2. The lowest BCUT2D eigenvalue weighted by molar-refractivity contribution is -0.145. The quantitative estimate of drug-likeness (QED) is 0.247. The largest absolute Gasteiger partial charge is 0.391 e. The summed E-state index contributed by atoms with van der Waals surface area (Å²) in [6, 6.07) is 11.2. The Morgan fingerprint density at radius 3 is 2.37 bits per heavy atom. The standard InChI is InChI=1S/C35H45F2N3O3/c1-5-9-25-10-8-11-26(15-25)22-39-23-32(41)31(18-27-16-29(36)19-30(37)17-27)35(34(43)40(12-6-2)13-7-3)20-24(4)14-28(21-35)33(38)42/h5,8-11,14-17,19-20,31-32,39,41H,6-7,12-13,18,21-23H2,1-4H3,(H2,38,42)/b9-5+/t31-,32+,35?/m1/s1. The zero-order valence-electron chi connectivity index (χ0n) is 25.7. The molecule has 0 spiro atoms. The average molecular weight is 594 g/mol. The van der Waals surface area contributed by atoms with E-state index in [0.29, 0.717) is 30.8 Å². The number of carbonyl (C=O) groups is 2.